The minimum atomic E-state index is -5.14. The van der Waals surface area contributed by atoms with Crippen molar-refractivity contribution in [3.8, 4) is 0 Å². The van der Waals surface area contributed by atoms with Gasteiger partial charge in [-0.25, -0.2) is 0 Å². The van der Waals surface area contributed by atoms with Gasteiger partial charge in [-0.15, -0.1) is 0 Å². The third-order valence-electron chi connectivity index (χ3n) is 10.7. The number of anilines is 10. The van der Waals surface area contributed by atoms with Crippen LogP contribution in [-0.4, -0.2) is 358 Å². The van der Waals surface area contributed by atoms with E-state index in [4.69, 9.17) is 0 Å². The van der Waals surface area contributed by atoms with Gasteiger partial charge in [0.25, 0.3) is 60.7 Å². The molecule has 0 aliphatic rings. The van der Waals surface area contributed by atoms with E-state index in [0.29, 0.717) is 36.4 Å². The van der Waals surface area contributed by atoms with Gasteiger partial charge >= 0.3 is 0 Å². The Balaban J connectivity index is 0.0000120. The smallest absolute Gasteiger partial charge is 0.296 e. The Labute approximate surface area is 625 Å². The van der Waals surface area contributed by atoms with Gasteiger partial charge in [0, 0.05) is 215 Å². The normalized spacial score (nSPS) is 11.6. The van der Waals surface area contributed by atoms with E-state index in [0.717, 1.165) is 12.1 Å². The molecule has 2 heterocycles. The van der Waals surface area contributed by atoms with Gasteiger partial charge in [-0.05, 0) is 84.6 Å². The fourth-order valence-corrected chi connectivity index (χ4v) is 11.1. The molecule has 6 aromatic rings. The molecular weight excluding hydrogens is 1330 g/mol. The standard InChI is InChI=1S/C40H46N12O22S6.6Na/c53-15-11-51(12-16-54)39-47-35(45-37(49-39)43-29-21-27(75(57,58)59)7-9-31(29)77(63,64)65)41-25-5-3-23(33(19-25)79(69,70)71)1-2-24-4-6-26(20-34(24)80(72,73)74)42-36-46-38(50-40(48-36)52(13-17-55)14-18-56)44-30-22-28(76(60,61)62)8-10-32(30)78(66,67)68;;;;;;/h3-10,19-22,53-56H,1-2,11-18H2,(H,57,58,59)(H,60,61,62)(H,63,64,65)(H,66,67,68)(H,69,70,71)(H,72,73,74)(H2,41,43,45,47,49)(H2,42,44,46,48,50);;;;;;. The molecule has 0 spiro atoms. The first-order valence-electron chi connectivity index (χ1n) is 22.1. The molecule has 0 atom stereocenters. The number of nitrogens with zero attached hydrogens (tertiary/aromatic N) is 8. The maximum atomic E-state index is 12.9. The number of hydrogen-bond donors (Lipinski definition) is 14. The summed E-state index contributed by atoms with van der Waals surface area (Å²) in [6, 6.07) is 10.5. The van der Waals surface area contributed by atoms with Crippen LogP contribution in [0.15, 0.2) is 102 Å². The first-order chi connectivity index (χ1) is 37.2. The van der Waals surface area contributed by atoms with Crippen molar-refractivity contribution in [3.63, 3.8) is 0 Å². The Morgan fingerprint density at radius 1 is 0.337 bits per heavy atom. The first-order valence-corrected chi connectivity index (χ1v) is 30.8. The van der Waals surface area contributed by atoms with E-state index in [1.54, 1.807) is 0 Å². The molecule has 0 amide bonds. The monoisotopic (exact) mass is 1380 g/mol. The van der Waals surface area contributed by atoms with Crippen LogP contribution >= 0.6 is 0 Å². The van der Waals surface area contributed by atoms with E-state index in [1.807, 2.05) is 0 Å². The predicted molar refractivity (Wildman–Crippen MR) is 312 cm³/mol. The van der Waals surface area contributed by atoms with Crippen molar-refractivity contribution in [2.45, 2.75) is 42.2 Å². The largest absolute Gasteiger partial charge is 0.395 e. The summed E-state index contributed by atoms with van der Waals surface area (Å²) in [4.78, 5) is 22.2. The van der Waals surface area contributed by atoms with Crippen LogP contribution in [0.4, 0.5) is 58.4 Å². The van der Waals surface area contributed by atoms with Crippen LogP contribution in [0.3, 0.4) is 0 Å². The van der Waals surface area contributed by atoms with Gasteiger partial charge in [-0.3, -0.25) is 27.3 Å². The van der Waals surface area contributed by atoms with Gasteiger partial charge in [-0.2, -0.15) is 80.4 Å². The van der Waals surface area contributed by atoms with Crippen LogP contribution in [0.1, 0.15) is 11.1 Å². The fourth-order valence-electron chi connectivity index (χ4n) is 7.25. The average Bonchev–Trinajstić information content (AvgIpc) is 3.34. The predicted octanol–water partition coefficient (Wildman–Crippen LogP) is -2.41. The van der Waals surface area contributed by atoms with Crippen LogP contribution in [0.5, 0.6) is 0 Å². The van der Waals surface area contributed by atoms with Gasteiger partial charge in [-0.1, -0.05) is 12.1 Å². The molecule has 0 saturated heterocycles. The quantitative estimate of drug-likeness (QED) is 0.0189. The number of rotatable bonds is 27. The van der Waals surface area contributed by atoms with Crippen molar-refractivity contribution in [3.05, 3.63) is 83.9 Å². The molecule has 2 aromatic heterocycles. The van der Waals surface area contributed by atoms with Crippen LogP contribution in [0, 0.1) is 0 Å². The minimum Gasteiger partial charge on any atom is -0.395 e. The summed E-state index contributed by atoms with van der Waals surface area (Å²) < 4.78 is 208. The number of aliphatic hydroxyl groups excluding tert-OH is 4. The number of aryl methyl sites for hydroxylation is 2. The summed E-state index contributed by atoms with van der Waals surface area (Å²) in [7, 11) is -30.4. The van der Waals surface area contributed by atoms with Crippen LogP contribution in [-0.2, 0) is 73.6 Å². The molecule has 14 N–H and O–H groups in total. The SMILES string of the molecule is O=S(=O)(O)c1ccc(S(=O)(=O)O)c(Nc2nc(Nc3ccc(CCc4ccc(Nc5nc(Nc6cc(S(=O)(=O)O)ccc6S(=O)(=O)O)nc(N(CCO)CCO)n5)cc4S(=O)(=O)O)c(S(=O)(=O)O)c3)nc(N(CCO)CCO)n2)c1.[Na].[Na].[Na].[Na].[Na].[Na]. The van der Waals surface area contributed by atoms with Crippen molar-refractivity contribution < 1.29 is 98.2 Å². The van der Waals surface area contributed by atoms with E-state index in [9.17, 15) is 98.2 Å². The molecule has 0 unspecified atom stereocenters. The molecule has 0 aliphatic heterocycles. The molecular formula is C40H46N12Na6O22S6. The third kappa shape index (κ3) is 24.2. The van der Waals surface area contributed by atoms with Crippen molar-refractivity contribution >= 4 is 296 Å². The van der Waals surface area contributed by atoms with E-state index in [1.165, 1.54) is 34.1 Å². The van der Waals surface area contributed by atoms with E-state index >= 15 is 0 Å². The number of hydrogen-bond acceptors (Lipinski definition) is 28. The van der Waals surface area contributed by atoms with Gasteiger partial charge in [0.15, 0.2) is 0 Å². The van der Waals surface area contributed by atoms with Crippen molar-refractivity contribution in [1.29, 1.82) is 0 Å². The molecule has 0 fully saturated rings. The zero-order valence-electron chi connectivity index (χ0n) is 46.4. The van der Waals surface area contributed by atoms with E-state index < -0.39 is 152 Å². The molecule has 6 rings (SSSR count). The van der Waals surface area contributed by atoms with Crippen LogP contribution in [0.2, 0.25) is 0 Å². The Kier molecular flexibility index (Phi) is 35.5. The summed E-state index contributed by atoms with van der Waals surface area (Å²) in [6.07, 6.45) is -0.737. The number of benzene rings is 4. The number of aliphatic hydroxyl groups is 4. The molecule has 0 saturated carbocycles. The van der Waals surface area contributed by atoms with Crippen molar-refractivity contribution in [2.24, 2.45) is 0 Å². The molecule has 0 bridgehead atoms. The second kappa shape index (κ2) is 35.9. The molecule has 440 valence electrons. The fraction of sp³-hybridized carbons (Fsp3) is 0.250. The molecule has 6 radical (unpaired) electrons. The summed E-state index contributed by atoms with van der Waals surface area (Å²) in [5.74, 6) is -2.83. The maximum Gasteiger partial charge on any atom is 0.296 e. The topological polar surface area (TPSA) is 539 Å². The molecule has 4 aromatic carbocycles. The molecule has 0 aliphatic carbocycles. The van der Waals surface area contributed by atoms with Gasteiger partial charge in [0.2, 0.25) is 35.7 Å². The zero-order chi connectivity index (χ0) is 59.2. The second-order valence-electron chi connectivity index (χ2n) is 16.2. The Morgan fingerprint density at radius 3 is 0.872 bits per heavy atom. The van der Waals surface area contributed by atoms with Gasteiger partial charge in [0.1, 0.15) is 9.79 Å². The second-order valence-corrected chi connectivity index (χ2v) is 24.6. The summed E-state index contributed by atoms with van der Waals surface area (Å²) in [5, 5.41) is 48.9. The van der Waals surface area contributed by atoms with Gasteiger partial charge < -0.3 is 51.5 Å². The van der Waals surface area contributed by atoms with Crippen LogP contribution < -0.4 is 31.1 Å². The van der Waals surface area contributed by atoms with Gasteiger partial charge in [0.05, 0.1) is 57.4 Å². The summed E-state index contributed by atoms with van der Waals surface area (Å²) in [5.41, 5.74) is -2.00. The Bertz CT molecular complexity index is 3780. The number of aromatic nitrogens is 6. The van der Waals surface area contributed by atoms with E-state index in [2.05, 4.69) is 51.2 Å². The maximum absolute atomic E-state index is 12.9. The van der Waals surface area contributed by atoms with Crippen LogP contribution in [0.25, 0.3) is 0 Å². The molecule has 86 heavy (non-hydrogen) atoms. The Hall–Kier alpha value is -1.00. The van der Waals surface area contributed by atoms with E-state index in [-0.39, 0.29) is 251 Å². The van der Waals surface area contributed by atoms with Crippen molar-refractivity contribution in [1.82, 2.24) is 29.9 Å². The summed E-state index contributed by atoms with van der Waals surface area (Å²) in [6.45, 7) is -3.00. The Morgan fingerprint density at radius 2 is 0.616 bits per heavy atom. The number of nitrogens with one attached hydrogen (secondary N) is 4. The summed E-state index contributed by atoms with van der Waals surface area (Å²) >= 11 is 0. The minimum absolute atomic E-state index is 0. The zero-order valence-corrected chi connectivity index (χ0v) is 63.3. The molecule has 34 nitrogen and oxygen atoms in total. The molecule has 46 heteroatoms. The van der Waals surface area contributed by atoms with Crippen molar-refractivity contribution in [2.75, 3.05) is 83.7 Å². The average molecular weight is 1380 g/mol. The first kappa shape index (κ1) is 85.0. The third-order valence-corrected chi connectivity index (χ3v) is 16.1.